The van der Waals surface area contributed by atoms with Crippen LogP contribution in [0, 0.1) is 0 Å². The lowest BCUT2D eigenvalue weighted by atomic mass is 10.1. The van der Waals surface area contributed by atoms with Gasteiger partial charge in [-0.15, -0.1) is 0 Å². The number of methoxy groups -OCH3 is 1. The summed E-state index contributed by atoms with van der Waals surface area (Å²) in [6.07, 6.45) is 3.16. The molecule has 0 aromatic heterocycles. The van der Waals surface area contributed by atoms with E-state index in [-0.39, 0.29) is 22.2 Å². The third kappa shape index (κ3) is 3.21. The highest BCUT2D eigenvalue weighted by atomic mass is 79.9. The summed E-state index contributed by atoms with van der Waals surface area (Å²) in [7, 11) is -2.73. The van der Waals surface area contributed by atoms with E-state index in [0.717, 1.165) is 0 Å². The highest BCUT2D eigenvalue weighted by molar-refractivity contribution is 9.10. The summed E-state index contributed by atoms with van der Waals surface area (Å²) in [5, 5.41) is 0. The van der Waals surface area contributed by atoms with Gasteiger partial charge in [-0.25, -0.2) is 0 Å². The summed E-state index contributed by atoms with van der Waals surface area (Å²) in [5.74, 6) is -0.246. The van der Waals surface area contributed by atoms with Gasteiger partial charge in [-0.05, 0) is 37.1 Å². The molecular weight excluding hydrogens is 348 g/mol. The van der Waals surface area contributed by atoms with Gasteiger partial charge in [-0.2, -0.15) is 8.42 Å². The molecule has 0 aliphatic heterocycles. The fourth-order valence-electron chi connectivity index (χ4n) is 1.82. The molecule has 0 saturated heterocycles. The Hall–Kier alpha value is -1.34. The van der Waals surface area contributed by atoms with Gasteiger partial charge in [0.25, 0.3) is 0 Å². The zero-order chi connectivity index (χ0) is 14.8. The molecule has 0 spiro atoms. The Bertz CT molecular complexity index is 663. The van der Waals surface area contributed by atoms with Crippen LogP contribution in [-0.2, 0) is 19.1 Å². The SMILES string of the molecule is COc1ccc(Br)cc1S(=O)(=O)OC1=CCCCC1=O. The minimum atomic E-state index is -4.10. The molecule has 0 unspecified atom stereocenters. The average molecular weight is 361 g/mol. The van der Waals surface area contributed by atoms with E-state index in [2.05, 4.69) is 15.9 Å². The maximum atomic E-state index is 12.3. The number of benzene rings is 1. The number of hydrogen-bond acceptors (Lipinski definition) is 5. The predicted octanol–water partition coefficient (Wildman–Crippen LogP) is 2.80. The third-order valence-electron chi connectivity index (χ3n) is 2.81. The first-order valence-electron chi connectivity index (χ1n) is 5.95. The Balaban J connectivity index is 2.38. The number of carbonyl (C=O) groups excluding carboxylic acids is 1. The lowest BCUT2D eigenvalue weighted by Crippen LogP contribution is -2.15. The second-order valence-electron chi connectivity index (χ2n) is 4.22. The molecule has 0 atom stereocenters. The van der Waals surface area contributed by atoms with Crippen LogP contribution in [0.5, 0.6) is 5.75 Å². The van der Waals surface area contributed by atoms with E-state index in [1.54, 1.807) is 6.07 Å². The van der Waals surface area contributed by atoms with E-state index in [4.69, 9.17) is 8.92 Å². The number of ether oxygens (including phenoxy) is 1. The number of halogens is 1. The largest absolute Gasteiger partial charge is 0.495 e. The van der Waals surface area contributed by atoms with Crippen molar-refractivity contribution in [3.8, 4) is 5.75 Å². The van der Waals surface area contributed by atoms with E-state index >= 15 is 0 Å². The van der Waals surface area contributed by atoms with Gasteiger partial charge >= 0.3 is 10.1 Å². The van der Waals surface area contributed by atoms with Crippen molar-refractivity contribution in [3.63, 3.8) is 0 Å². The smallest absolute Gasteiger partial charge is 0.343 e. The number of allylic oxidation sites excluding steroid dienone is 2. The van der Waals surface area contributed by atoms with Crippen LogP contribution in [0.25, 0.3) is 0 Å². The second-order valence-corrected chi connectivity index (χ2v) is 6.65. The van der Waals surface area contributed by atoms with Crippen molar-refractivity contribution in [2.45, 2.75) is 24.2 Å². The Labute approximate surface area is 125 Å². The molecule has 0 amide bonds. The van der Waals surface area contributed by atoms with Crippen molar-refractivity contribution >= 4 is 31.8 Å². The molecule has 7 heteroatoms. The Morgan fingerprint density at radius 2 is 2.05 bits per heavy atom. The average Bonchev–Trinajstić information content (AvgIpc) is 2.41. The van der Waals surface area contributed by atoms with E-state index in [1.165, 1.54) is 25.3 Å². The number of Topliss-reactive ketones (excluding diaryl/α,β-unsaturated/α-hetero) is 1. The molecule has 0 saturated carbocycles. The summed E-state index contributed by atoms with van der Waals surface area (Å²) in [6.45, 7) is 0. The first-order valence-corrected chi connectivity index (χ1v) is 8.15. The van der Waals surface area contributed by atoms with E-state index in [1.807, 2.05) is 0 Å². The standard InChI is InChI=1S/C13H13BrO5S/c1-18-12-7-6-9(14)8-13(12)20(16,17)19-11-5-3-2-4-10(11)15/h5-8H,2-4H2,1H3. The number of hydrogen-bond donors (Lipinski definition) is 0. The number of carbonyl (C=O) groups is 1. The third-order valence-corrected chi connectivity index (χ3v) is 4.56. The minimum Gasteiger partial charge on any atom is -0.495 e. The Morgan fingerprint density at radius 1 is 1.30 bits per heavy atom. The molecule has 0 N–H and O–H groups in total. The van der Waals surface area contributed by atoms with Gasteiger partial charge in [0.2, 0.25) is 0 Å². The minimum absolute atomic E-state index is 0.113. The van der Waals surface area contributed by atoms with E-state index in [9.17, 15) is 13.2 Å². The van der Waals surface area contributed by atoms with Crippen LogP contribution in [0.1, 0.15) is 19.3 Å². The molecule has 1 aliphatic carbocycles. The molecule has 0 radical (unpaired) electrons. The van der Waals surface area contributed by atoms with Gasteiger partial charge in [0.15, 0.2) is 11.5 Å². The Morgan fingerprint density at radius 3 is 2.70 bits per heavy atom. The molecule has 1 aliphatic rings. The fraction of sp³-hybridized carbons (Fsp3) is 0.308. The Kier molecular flexibility index (Phi) is 4.49. The summed E-state index contributed by atoms with van der Waals surface area (Å²) in [5.41, 5.74) is 0. The summed E-state index contributed by atoms with van der Waals surface area (Å²) in [4.78, 5) is 11.5. The molecule has 108 valence electrons. The zero-order valence-electron chi connectivity index (χ0n) is 10.8. The summed E-state index contributed by atoms with van der Waals surface area (Å²) >= 11 is 3.20. The first-order chi connectivity index (χ1) is 9.44. The van der Waals surface area contributed by atoms with Crippen molar-refractivity contribution in [3.05, 3.63) is 34.5 Å². The normalized spacial score (nSPS) is 15.7. The lowest BCUT2D eigenvalue weighted by molar-refractivity contribution is -0.118. The molecular formula is C13H13BrO5S. The quantitative estimate of drug-likeness (QED) is 0.772. The topological polar surface area (TPSA) is 69.7 Å². The van der Waals surface area contributed by atoms with Crippen LogP contribution < -0.4 is 4.74 Å². The summed E-state index contributed by atoms with van der Waals surface area (Å²) < 4.78 is 35.1. The number of rotatable bonds is 4. The molecule has 1 aromatic rings. The van der Waals surface area contributed by atoms with Crippen LogP contribution >= 0.6 is 15.9 Å². The van der Waals surface area contributed by atoms with Crippen molar-refractivity contribution in [1.82, 2.24) is 0 Å². The van der Waals surface area contributed by atoms with E-state index < -0.39 is 10.1 Å². The van der Waals surface area contributed by atoms with Crippen LogP contribution in [0.3, 0.4) is 0 Å². The molecule has 0 bridgehead atoms. The molecule has 0 heterocycles. The fourth-order valence-corrected chi connectivity index (χ4v) is 3.49. The monoisotopic (exact) mass is 360 g/mol. The molecule has 1 aromatic carbocycles. The maximum absolute atomic E-state index is 12.3. The second kappa shape index (κ2) is 5.97. The van der Waals surface area contributed by atoms with Gasteiger partial charge in [0.1, 0.15) is 10.6 Å². The predicted molar refractivity (Wildman–Crippen MR) is 75.9 cm³/mol. The van der Waals surface area contributed by atoms with Crippen molar-refractivity contribution in [2.24, 2.45) is 0 Å². The summed E-state index contributed by atoms with van der Waals surface area (Å²) in [6, 6.07) is 4.54. The first kappa shape index (κ1) is 15.1. The van der Waals surface area contributed by atoms with Crippen LogP contribution in [0.4, 0.5) is 0 Å². The maximum Gasteiger partial charge on any atom is 0.343 e. The van der Waals surface area contributed by atoms with Crippen LogP contribution in [-0.4, -0.2) is 21.3 Å². The molecule has 5 nitrogen and oxygen atoms in total. The lowest BCUT2D eigenvalue weighted by Gasteiger charge is -2.14. The zero-order valence-corrected chi connectivity index (χ0v) is 13.2. The number of ketones is 1. The molecule has 0 fully saturated rings. The highest BCUT2D eigenvalue weighted by Gasteiger charge is 2.26. The van der Waals surface area contributed by atoms with Gasteiger partial charge in [-0.3, -0.25) is 4.79 Å². The molecule has 20 heavy (non-hydrogen) atoms. The van der Waals surface area contributed by atoms with Crippen LogP contribution in [0.2, 0.25) is 0 Å². The van der Waals surface area contributed by atoms with Gasteiger partial charge in [0, 0.05) is 10.9 Å². The molecule has 2 rings (SSSR count). The van der Waals surface area contributed by atoms with Crippen molar-refractivity contribution in [1.29, 1.82) is 0 Å². The highest BCUT2D eigenvalue weighted by Crippen LogP contribution is 2.30. The van der Waals surface area contributed by atoms with Crippen LogP contribution in [0.15, 0.2) is 39.4 Å². The van der Waals surface area contributed by atoms with E-state index in [0.29, 0.717) is 23.7 Å². The van der Waals surface area contributed by atoms with Gasteiger partial charge in [-0.1, -0.05) is 15.9 Å². The van der Waals surface area contributed by atoms with Gasteiger partial charge in [0.05, 0.1) is 7.11 Å². The van der Waals surface area contributed by atoms with Gasteiger partial charge < -0.3 is 8.92 Å². The van der Waals surface area contributed by atoms with Crippen molar-refractivity contribution < 1.29 is 22.1 Å². The van der Waals surface area contributed by atoms with Crippen molar-refractivity contribution in [2.75, 3.05) is 7.11 Å².